The van der Waals surface area contributed by atoms with Gasteiger partial charge in [0, 0.05) is 0 Å². The quantitative estimate of drug-likeness (QED) is 0.790. The topological polar surface area (TPSA) is 59.3 Å². The molecule has 0 saturated carbocycles. The molecule has 112 valence electrons. The van der Waals surface area contributed by atoms with Crippen molar-refractivity contribution in [2.24, 2.45) is 0 Å². The fourth-order valence-corrected chi connectivity index (χ4v) is 1.91. The number of carbonyl (C=O) groups excluding carboxylic acids is 1. The van der Waals surface area contributed by atoms with Gasteiger partial charge in [-0.25, -0.2) is 4.79 Å². The van der Waals surface area contributed by atoms with Crippen LogP contribution in [0, 0.1) is 18.3 Å². The van der Waals surface area contributed by atoms with Crippen LogP contribution in [0.2, 0.25) is 5.02 Å². The third kappa shape index (κ3) is 4.51. The third-order valence-corrected chi connectivity index (χ3v) is 3.23. The minimum absolute atomic E-state index is 0.134. The summed E-state index contributed by atoms with van der Waals surface area (Å²) in [4.78, 5) is 11.7. The molecule has 2 rings (SSSR count). The van der Waals surface area contributed by atoms with Gasteiger partial charge in [-0.05, 0) is 42.3 Å². The molecule has 0 aliphatic heterocycles. The molecular weight excluding hydrogens is 302 g/mol. The van der Waals surface area contributed by atoms with Gasteiger partial charge in [0.05, 0.1) is 16.7 Å². The summed E-state index contributed by atoms with van der Waals surface area (Å²) in [6.07, 6.45) is 0. The summed E-state index contributed by atoms with van der Waals surface area (Å²) in [7, 11) is 0. The molecule has 2 aromatic rings. The number of rotatable bonds is 5. The number of halogens is 1. The van der Waals surface area contributed by atoms with Crippen molar-refractivity contribution in [1.29, 1.82) is 5.26 Å². The van der Waals surface area contributed by atoms with Crippen LogP contribution >= 0.6 is 11.6 Å². The van der Waals surface area contributed by atoms with Crippen LogP contribution in [-0.2, 0) is 16.1 Å². The van der Waals surface area contributed by atoms with Gasteiger partial charge in [0.2, 0.25) is 0 Å². The van der Waals surface area contributed by atoms with Crippen molar-refractivity contribution in [2.45, 2.75) is 13.5 Å². The van der Waals surface area contributed by atoms with Crippen LogP contribution in [0.25, 0.3) is 0 Å². The molecule has 0 atom stereocenters. The Balaban J connectivity index is 1.83. The number of esters is 1. The van der Waals surface area contributed by atoms with Crippen LogP contribution in [0.3, 0.4) is 0 Å². The zero-order chi connectivity index (χ0) is 15.9. The van der Waals surface area contributed by atoms with Crippen molar-refractivity contribution in [2.75, 3.05) is 6.61 Å². The number of hydrogen-bond acceptors (Lipinski definition) is 4. The Morgan fingerprint density at radius 3 is 2.64 bits per heavy atom. The van der Waals surface area contributed by atoms with Crippen LogP contribution in [0.1, 0.15) is 16.7 Å². The van der Waals surface area contributed by atoms with Crippen LogP contribution in [0.15, 0.2) is 42.5 Å². The maximum absolute atomic E-state index is 11.7. The Bertz CT molecular complexity index is 705. The number of ether oxygens (including phenoxy) is 2. The molecule has 4 nitrogen and oxygen atoms in total. The van der Waals surface area contributed by atoms with Gasteiger partial charge in [-0.15, -0.1) is 0 Å². The van der Waals surface area contributed by atoms with Gasteiger partial charge in [-0.2, -0.15) is 5.26 Å². The smallest absolute Gasteiger partial charge is 0.344 e. The first-order chi connectivity index (χ1) is 10.6. The number of benzene rings is 2. The lowest BCUT2D eigenvalue weighted by Gasteiger charge is -2.09. The fourth-order valence-electron chi connectivity index (χ4n) is 1.74. The first-order valence-electron chi connectivity index (χ1n) is 6.62. The van der Waals surface area contributed by atoms with E-state index in [2.05, 4.69) is 0 Å². The molecule has 0 aromatic heterocycles. The van der Waals surface area contributed by atoms with Gasteiger partial charge < -0.3 is 9.47 Å². The normalized spacial score (nSPS) is 9.86. The van der Waals surface area contributed by atoms with E-state index in [-0.39, 0.29) is 13.2 Å². The maximum Gasteiger partial charge on any atom is 0.344 e. The second-order valence-corrected chi connectivity index (χ2v) is 5.10. The SMILES string of the molecule is Cc1ccc(Cl)c(OCC(=O)OCc2ccc(C#N)cc2)c1. The zero-order valence-corrected chi connectivity index (χ0v) is 12.8. The second kappa shape index (κ2) is 7.48. The molecule has 0 N–H and O–H groups in total. The van der Waals surface area contributed by atoms with Crippen LogP contribution in [-0.4, -0.2) is 12.6 Å². The van der Waals surface area contributed by atoms with E-state index in [9.17, 15) is 4.79 Å². The van der Waals surface area contributed by atoms with Crippen LogP contribution < -0.4 is 4.74 Å². The summed E-state index contributed by atoms with van der Waals surface area (Å²) in [6, 6.07) is 14.2. The predicted molar refractivity (Wildman–Crippen MR) is 82.6 cm³/mol. The Kier molecular flexibility index (Phi) is 5.40. The molecule has 0 spiro atoms. The summed E-state index contributed by atoms with van der Waals surface area (Å²) in [5.74, 6) is -0.0288. The minimum Gasteiger partial charge on any atom is -0.480 e. The number of carbonyl (C=O) groups is 1. The zero-order valence-electron chi connectivity index (χ0n) is 12.0. The highest BCUT2D eigenvalue weighted by Crippen LogP contribution is 2.25. The number of hydrogen-bond donors (Lipinski definition) is 0. The van der Waals surface area contributed by atoms with Gasteiger partial charge in [0.1, 0.15) is 12.4 Å². The van der Waals surface area contributed by atoms with Crippen molar-refractivity contribution in [3.63, 3.8) is 0 Å². The summed E-state index contributed by atoms with van der Waals surface area (Å²) in [5.41, 5.74) is 2.36. The molecule has 0 heterocycles. The number of nitriles is 1. The highest BCUT2D eigenvalue weighted by molar-refractivity contribution is 6.32. The lowest BCUT2D eigenvalue weighted by Crippen LogP contribution is -2.15. The molecule has 2 aromatic carbocycles. The predicted octanol–water partition coefficient (Wildman–Crippen LogP) is 3.64. The highest BCUT2D eigenvalue weighted by atomic mass is 35.5. The second-order valence-electron chi connectivity index (χ2n) is 4.69. The monoisotopic (exact) mass is 315 g/mol. The first kappa shape index (κ1) is 15.9. The van der Waals surface area contributed by atoms with Crippen molar-refractivity contribution >= 4 is 17.6 Å². The molecule has 0 amide bonds. The standard InChI is InChI=1S/C17H14ClNO3/c1-12-2-7-15(18)16(8-12)21-11-17(20)22-10-14-5-3-13(9-19)4-6-14/h2-8H,10-11H2,1H3. The van der Waals surface area contributed by atoms with E-state index in [4.69, 9.17) is 26.3 Å². The average molecular weight is 316 g/mol. The Morgan fingerprint density at radius 2 is 1.95 bits per heavy atom. The molecule has 0 fully saturated rings. The Labute approximate surface area is 133 Å². The fraction of sp³-hybridized carbons (Fsp3) is 0.176. The van der Waals surface area contributed by atoms with E-state index in [1.165, 1.54) is 0 Å². The molecule has 22 heavy (non-hydrogen) atoms. The van der Waals surface area contributed by atoms with Crippen LogP contribution in [0.4, 0.5) is 0 Å². The van der Waals surface area contributed by atoms with Gasteiger partial charge in [-0.1, -0.05) is 29.8 Å². The molecule has 5 heteroatoms. The van der Waals surface area contributed by atoms with Gasteiger partial charge in [-0.3, -0.25) is 0 Å². The summed E-state index contributed by atoms with van der Waals surface area (Å²) in [5, 5.41) is 9.15. The minimum atomic E-state index is -0.484. The van der Waals surface area contributed by atoms with E-state index in [0.717, 1.165) is 11.1 Å². The van der Waals surface area contributed by atoms with E-state index in [0.29, 0.717) is 16.3 Å². The molecule has 0 aliphatic carbocycles. The Morgan fingerprint density at radius 1 is 1.23 bits per heavy atom. The third-order valence-electron chi connectivity index (χ3n) is 2.92. The van der Waals surface area contributed by atoms with Crippen molar-refractivity contribution in [1.82, 2.24) is 0 Å². The van der Waals surface area contributed by atoms with Crippen LogP contribution in [0.5, 0.6) is 5.75 Å². The van der Waals surface area contributed by atoms with Crippen molar-refractivity contribution < 1.29 is 14.3 Å². The number of aryl methyl sites for hydroxylation is 1. The highest BCUT2D eigenvalue weighted by Gasteiger charge is 2.08. The Hall–Kier alpha value is -2.51. The maximum atomic E-state index is 11.7. The molecular formula is C17H14ClNO3. The number of nitrogens with zero attached hydrogens (tertiary/aromatic N) is 1. The summed E-state index contributed by atoms with van der Waals surface area (Å²) >= 11 is 5.98. The van der Waals surface area contributed by atoms with E-state index in [1.54, 1.807) is 36.4 Å². The summed E-state index contributed by atoms with van der Waals surface area (Å²) < 4.78 is 10.5. The van der Waals surface area contributed by atoms with Gasteiger partial charge >= 0.3 is 5.97 Å². The van der Waals surface area contributed by atoms with Gasteiger partial charge in [0.15, 0.2) is 6.61 Å². The van der Waals surface area contributed by atoms with Crippen molar-refractivity contribution in [3.8, 4) is 11.8 Å². The van der Waals surface area contributed by atoms with Crippen molar-refractivity contribution in [3.05, 3.63) is 64.2 Å². The van der Waals surface area contributed by atoms with E-state index >= 15 is 0 Å². The molecule has 0 unspecified atom stereocenters. The molecule has 0 radical (unpaired) electrons. The molecule has 0 aliphatic rings. The van der Waals surface area contributed by atoms with E-state index in [1.807, 2.05) is 19.1 Å². The van der Waals surface area contributed by atoms with E-state index < -0.39 is 5.97 Å². The lowest BCUT2D eigenvalue weighted by molar-refractivity contribution is -0.147. The van der Waals surface area contributed by atoms with Gasteiger partial charge in [0.25, 0.3) is 0 Å². The molecule has 0 saturated heterocycles. The molecule has 0 bridgehead atoms. The summed E-state index contributed by atoms with van der Waals surface area (Å²) in [6.45, 7) is 1.83. The largest absolute Gasteiger partial charge is 0.480 e. The average Bonchev–Trinajstić information content (AvgIpc) is 2.54. The lowest BCUT2D eigenvalue weighted by atomic mass is 10.2. The first-order valence-corrected chi connectivity index (χ1v) is 7.00.